The highest BCUT2D eigenvalue weighted by Gasteiger charge is 2.38. The molecule has 9 heteroatoms. The van der Waals surface area contributed by atoms with Crippen LogP contribution in [0.5, 0.6) is 0 Å². The van der Waals surface area contributed by atoms with Crippen molar-refractivity contribution < 1.29 is 22.5 Å². The Morgan fingerprint density at radius 1 is 1.15 bits per heavy atom. The van der Waals surface area contributed by atoms with E-state index in [9.17, 15) is 18.0 Å². The second kappa shape index (κ2) is 7.87. The summed E-state index contributed by atoms with van der Waals surface area (Å²) in [5, 5.41) is 3.85. The van der Waals surface area contributed by atoms with Crippen molar-refractivity contribution in [1.82, 2.24) is 15.1 Å². The van der Waals surface area contributed by atoms with E-state index in [0.717, 1.165) is 5.56 Å². The smallest absolute Gasteiger partial charge is 0.329 e. The zero-order chi connectivity index (χ0) is 19.4. The number of aryl methyl sites for hydroxylation is 1. The molecule has 1 aromatic carbocycles. The topological polar surface area (TPSA) is 68.9 Å². The van der Waals surface area contributed by atoms with E-state index in [0.29, 0.717) is 22.7 Å². The molecule has 2 heterocycles. The molecule has 3 aromatic rings. The molecule has 5 nitrogen and oxygen atoms in total. The zero-order valence-corrected chi connectivity index (χ0v) is 14.6. The van der Waals surface area contributed by atoms with Crippen molar-refractivity contribution in [2.24, 2.45) is 0 Å². The molecule has 0 unspecified atom stereocenters. The van der Waals surface area contributed by atoms with Crippen molar-refractivity contribution in [3.63, 3.8) is 0 Å². The lowest BCUT2D eigenvalue weighted by Gasteiger charge is -2.04. The Kier molecular flexibility index (Phi) is 5.55. The van der Waals surface area contributed by atoms with Crippen LogP contribution in [0.2, 0.25) is 5.02 Å². The molecule has 0 atom stereocenters. The first-order valence-electron chi connectivity index (χ1n) is 7.94. The summed E-state index contributed by atoms with van der Waals surface area (Å²) in [5.41, 5.74) is 1.69. The highest BCUT2D eigenvalue weighted by atomic mass is 35.5. The summed E-state index contributed by atoms with van der Waals surface area (Å²) in [6, 6.07) is 10.3. The number of carbonyl (C=O) groups is 1. The van der Waals surface area contributed by atoms with E-state index in [1.807, 2.05) is 6.07 Å². The van der Waals surface area contributed by atoms with Gasteiger partial charge in [0.25, 0.3) is 0 Å². The maximum absolute atomic E-state index is 12.5. The number of hydrogen-bond acceptors (Lipinski definition) is 5. The fourth-order valence-electron chi connectivity index (χ4n) is 2.37. The van der Waals surface area contributed by atoms with E-state index < -0.39 is 12.1 Å². The summed E-state index contributed by atoms with van der Waals surface area (Å²) >= 11 is 6.04. The minimum absolute atomic E-state index is 0.0157. The molecule has 0 aliphatic rings. The lowest BCUT2D eigenvalue weighted by atomic mass is 10.0. The number of ketones is 1. The SMILES string of the molecule is O=C(CCc1ccc(-c2noc(C(F)(F)F)n2)cn1)Cc1ccccc1Cl. The van der Waals surface area contributed by atoms with Crippen LogP contribution in [0, 0.1) is 0 Å². The number of Topliss-reactive ketones (excluding diaryl/α,β-unsaturated/α-hetero) is 1. The molecule has 2 aromatic heterocycles. The standard InChI is InChI=1S/C18H13ClF3N3O2/c19-15-4-2-1-3-11(15)9-14(26)8-7-13-6-5-12(10-23-13)16-24-17(27-25-16)18(20,21)22/h1-6,10H,7-9H2. The number of hydrogen-bond donors (Lipinski definition) is 0. The van der Waals surface area contributed by atoms with Gasteiger partial charge in [-0.15, -0.1) is 0 Å². The summed E-state index contributed by atoms with van der Waals surface area (Å²) in [5.74, 6) is -1.59. The van der Waals surface area contributed by atoms with Crippen LogP contribution < -0.4 is 0 Å². The van der Waals surface area contributed by atoms with Crippen LogP contribution in [-0.4, -0.2) is 20.9 Å². The quantitative estimate of drug-likeness (QED) is 0.612. The third-order valence-electron chi connectivity index (χ3n) is 3.76. The fourth-order valence-corrected chi connectivity index (χ4v) is 2.57. The number of carbonyl (C=O) groups excluding carboxylic acids is 1. The maximum Gasteiger partial charge on any atom is 0.471 e. The Labute approximate surface area is 157 Å². The highest BCUT2D eigenvalue weighted by molar-refractivity contribution is 6.31. The Hall–Kier alpha value is -2.74. The van der Waals surface area contributed by atoms with Crippen LogP contribution in [-0.2, 0) is 23.8 Å². The summed E-state index contributed by atoms with van der Waals surface area (Å²) in [6.07, 6.45) is -2.43. The molecule has 0 saturated heterocycles. The van der Waals surface area contributed by atoms with Gasteiger partial charge < -0.3 is 4.52 Å². The molecular weight excluding hydrogens is 383 g/mol. The molecule has 0 bridgehead atoms. The predicted molar refractivity (Wildman–Crippen MR) is 91.0 cm³/mol. The molecular formula is C18H13ClF3N3O2. The molecule has 0 fully saturated rings. The first-order chi connectivity index (χ1) is 12.8. The molecule has 0 aliphatic heterocycles. The normalized spacial score (nSPS) is 11.6. The molecule has 0 amide bonds. The Morgan fingerprint density at radius 2 is 1.93 bits per heavy atom. The van der Waals surface area contributed by atoms with Gasteiger partial charge in [-0.1, -0.05) is 35.0 Å². The van der Waals surface area contributed by atoms with Crippen LogP contribution in [0.25, 0.3) is 11.4 Å². The van der Waals surface area contributed by atoms with Gasteiger partial charge in [-0.3, -0.25) is 9.78 Å². The largest absolute Gasteiger partial charge is 0.471 e. The van der Waals surface area contributed by atoms with E-state index in [1.165, 1.54) is 12.3 Å². The molecule has 0 spiro atoms. The van der Waals surface area contributed by atoms with Crippen LogP contribution in [0.15, 0.2) is 47.1 Å². The van der Waals surface area contributed by atoms with Gasteiger partial charge in [-0.05, 0) is 30.2 Å². The Balaban J connectivity index is 1.58. The summed E-state index contributed by atoms with van der Waals surface area (Å²) in [4.78, 5) is 19.5. The third kappa shape index (κ3) is 4.91. The van der Waals surface area contributed by atoms with Crippen molar-refractivity contribution >= 4 is 17.4 Å². The van der Waals surface area contributed by atoms with Gasteiger partial charge in [0.2, 0.25) is 5.82 Å². The Bertz CT molecular complexity index is 940. The maximum atomic E-state index is 12.5. The van der Waals surface area contributed by atoms with Gasteiger partial charge >= 0.3 is 12.1 Å². The number of rotatable bonds is 6. The van der Waals surface area contributed by atoms with Crippen LogP contribution in [0.4, 0.5) is 13.2 Å². The number of benzene rings is 1. The fraction of sp³-hybridized carbons (Fsp3) is 0.222. The minimum atomic E-state index is -4.69. The highest BCUT2D eigenvalue weighted by Crippen LogP contribution is 2.29. The molecule has 0 radical (unpaired) electrons. The molecule has 140 valence electrons. The lowest BCUT2D eigenvalue weighted by molar-refractivity contribution is -0.159. The van der Waals surface area contributed by atoms with E-state index >= 15 is 0 Å². The average molecular weight is 396 g/mol. The lowest BCUT2D eigenvalue weighted by Crippen LogP contribution is -2.05. The van der Waals surface area contributed by atoms with Gasteiger partial charge in [0.1, 0.15) is 5.78 Å². The van der Waals surface area contributed by atoms with Crippen molar-refractivity contribution in [1.29, 1.82) is 0 Å². The average Bonchev–Trinajstić information content (AvgIpc) is 3.13. The molecule has 27 heavy (non-hydrogen) atoms. The van der Waals surface area contributed by atoms with Gasteiger partial charge in [-0.25, -0.2) is 0 Å². The first kappa shape index (κ1) is 19.0. The second-order valence-corrected chi connectivity index (χ2v) is 6.17. The van der Waals surface area contributed by atoms with E-state index in [4.69, 9.17) is 11.6 Å². The van der Waals surface area contributed by atoms with Crippen molar-refractivity contribution in [2.75, 3.05) is 0 Å². The van der Waals surface area contributed by atoms with Gasteiger partial charge in [0.05, 0.1) is 0 Å². The first-order valence-corrected chi connectivity index (χ1v) is 8.32. The van der Waals surface area contributed by atoms with E-state index in [-0.39, 0.29) is 24.4 Å². The Morgan fingerprint density at radius 3 is 2.56 bits per heavy atom. The van der Waals surface area contributed by atoms with Gasteiger partial charge in [0.15, 0.2) is 0 Å². The van der Waals surface area contributed by atoms with Crippen LogP contribution in [0.1, 0.15) is 23.6 Å². The number of halogens is 4. The van der Waals surface area contributed by atoms with Crippen molar-refractivity contribution in [3.05, 3.63) is 64.8 Å². The number of alkyl halides is 3. The summed E-state index contributed by atoms with van der Waals surface area (Å²) in [7, 11) is 0. The minimum Gasteiger partial charge on any atom is -0.329 e. The summed E-state index contributed by atoms with van der Waals surface area (Å²) in [6.45, 7) is 0. The van der Waals surface area contributed by atoms with Gasteiger partial charge in [-0.2, -0.15) is 18.2 Å². The van der Waals surface area contributed by atoms with Crippen LogP contribution >= 0.6 is 11.6 Å². The molecule has 0 saturated carbocycles. The third-order valence-corrected chi connectivity index (χ3v) is 4.13. The van der Waals surface area contributed by atoms with E-state index in [2.05, 4.69) is 19.6 Å². The molecule has 0 aliphatic carbocycles. The van der Waals surface area contributed by atoms with Crippen molar-refractivity contribution in [3.8, 4) is 11.4 Å². The molecule has 3 rings (SSSR count). The van der Waals surface area contributed by atoms with Gasteiger partial charge in [0, 0.05) is 35.3 Å². The zero-order valence-electron chi connectivity index (χ0n) is 13.8. The monoisotopic (exact) mass is 395 g/mol. The second-order valence-electron chi connectivity index (χ2n) is 5.77. The molecule has 0 N–H and O–H groups in total. The van der Waals surface area contributed by atoms with Crippen LogP contribution in [0.3, 0.4) is 0 Å². The van der Waals surface area contributed by atoms with E-state index in [1.54, 1.807) is 24.3 Å². The van der Waals surface area contributed by atoms with Crippen molar-refractivity contribution in [2.45, 2.75) is 25.4 Å². The predicted octanol–water partition coefficient (Wildman–Crippen LogP) is 4.55. The number of aromatic nitrogens is 3. The summed E-state index contributed by atoms with van der Waals surface area (Å²) < 4.78 is 41.6. The number of pyridine rings is 1. The number of nitrogens with zero attached hydrogens (tertiary/aromatic N) is 3.